The maximum Gasteiger partial charge on any atom is 0.254 e. The van der Waals surface area contributed by atoms with Crippen molar-refractivity contribution < 1.29 is 4.79 Å². The van der Waals surface area contributed by atoms with Crippen LogP contribution in [0.25, 0.3) is 0 Å². The zero-order valence-corrected chi connectivity index (χ0v) is 12.8. The van der Waals surface area contributed by atoms with Crippen molar-refractivity contribution in [2.75, 3.05) is 25.5 Å². The Morgan fingerprint density at radius 3 is 2.50 bits per heavy atom. The molecule has 1 aromatic carbocycles. The molecule has 0 radical (unpaired) electrons. The van der Waals surface area contributed by atoms with E-state index in [9.17, 15) is 4.79 Å². The van der Waals surface area contributed by atoms with E-state index >= 15 is 0 Å². The van der Waals surface area contributed by atoms with E-state index in [0.717, 1.165) is 31.5 Å². The summed E-state index contributed by atoms with van der Waals surface area (Å²) in [6.45, 7) is 0.732. The summed E-state index contributed by atoms with van der Waals surface area (Å²) in [6.07, 6.45) is 2.96. The number of amides is 1. The van der Waals surface area contributed by atoms with Crippen LogP contribution in [0.5, 0.6) is 0 Å². The van der Waals surface area contributed by atoms with Crippen LogP contribution in [0.1, 0.15) is 29.6 Å². The Bertz CT molecular complexity index is 498. The molecule has 0 aliphatic carbocycles. The molecule has 1 saturated heterocycles. The van der Waals surface area contributed by atoms with E-state index in [4.69, 9.17) is 18.0 Å². The second kappa shape index (κ2) is 6.22. The first-order chi connectivity index (χ1) is 9.50. The van der Waals surface area contributed by atoms with Gasteiger partial charge in [0.1, 0.15) is 0 Å². The third-order valence-electron chi connectivity index (χ3n) is 3.72. The van der Waals surface area contributed by atoms with Gasteiger partial charge in [0.25, 0.3) is 5.91 Å². The second-order valence-electron chi connectivity index (χ2n) is 5.35. The van der Waals surface area contributed by atoms with Crippen LogP contribution in [-0.4, -0.2) is 42.5 Å². The van der Waals surface area contributed by atoms with Gasteiger partial charge in [0.2, 0.25) is 0 Å². The SMILES string of the molecule is CN(C)c1ccc(C(=O)N2CCCCC2C(N)=S)cc1. The van der Waals surface area contributed by atoms with E-state index in [2.05, 4.69) is 0 Å². The summed E-state index contributed by atoms with van der Waals surface area (Å²) in [5.41, 5.74) is 7.54. The van der Waals surface area contributed by atoms with Crippen molar-refractivity contribution in [3.8, 4) is 0 Å². The first kappa shape index (κ1) is 14.8. The van der Waals surface area contributed by atoms with Crippen LogP contribution in [0, 0.1) is 0 Å². The van der Waals surface area contributed by atoms with Crippen molar-refractivity contribution in [3.63, 3.8) is 0 Å². The number of nitrogens with zero attached hydrogens (tertiary/aromatic N) is 2. The molecule has 2 N–H and O–H groups in total. The van der Waals surface area contributed by atoms with Gasteiger partial charge in [-0.3, -0.25) is 4.79 Å². The van der Waals surface area contributed by atoms with Gasteiger partial charge in [0, 0.05) is 31.9 Å². The number of carbonyl (C=O) groups excluding carboxylic acids is 1. The van der Waals surface area contributed by atoms with E-state index < -0.39 is 0 Å². The molecule has 2 rings (SSSR count). The molecule has 1 amide bonds. The number of benzene rings is 1. The molecule has 1 atom stereocenters. The molecule has 5 heteroatoms. The van der Waals surface area contributed by atoms with E-state index in [-0.39, 0.29) is 11.9 Å². The minimum Gasteiger partial charge on any atom is -0.392 e. The Balaban J connectivity index is 2.18. The van der Waals surface area contributed by atoms with Crippen molar-refractivity contribution in [1.29, 1.82) is 0 Å². The van der Waals surface area contributed by atoms with E-state index in [1.807, 2.05) is 48.2 Å². The van der Waals surface area contributed by atoms with Gasteiger partial charge in [-0.1, -0.05) is 12.2 Å². The normalized spacial score (nSPS) is 18.7. The second-order valence-corrected chi connectivity index (χ2v) is 5.83. The Kier molecular flexibility index (Phi) is 4.60. The van der Waals surface area contributed by atoms with E-state index in [1.165, 1.54) is 0 Å². The van der Waals surface area contributed by atoms with Crippen LogP contribution in [0.15, 0.2) is 24.3 Å². The average Bonchev–Trinajstić information content (AvgIpc) is 2.46. The molecule has 1 heterocycles. The number of likely N-dealkylation sites (tertiary alicyclic amines) is 1. The Morgan fingerprint density at radius 2 is 1.95 bits per heavy atom. The van der Waals surface area contributed by atoms with Gasteiger partial charge >= 0.3 is 0 Å². The summed E-state index contributed by atoms with van der Waals surface area (Å²) >= 11 is 5.09. The van der Waals surface area contributed by atoms with Crippen LogP contribution >= 0.6 is 12.2 Å². The number of hydrogen-bond donors (Lipinski definition) is 1. The summed E-state index contributed by atoms with van der Waals surface area (Å²) in [6, 6.07) is 7.53. The third kappa shape index (κ3) is 3.10. The molecule has 20 heavy (non-hydrogen) atoms. The molecule has 4 nitrogen and oxygen atoms in total. The lowest BCUT2D eigenvalue weighted by Gasteiger charge is -2.35. The summed E-state index contributed by atoms with van der Waals surface area (Å²) in [5, 5.41) is 0. The lowest BCUT2D eigenvalue weighted by molar-refractivity contribution is 0.0681. The summed E-state index contributed by atoms with van der Waals surface area (Å²) in [4.78, 5) is 16.8. The third-order valence-corrected chi connectivity index (χ3v) is 3.99. The van der Waals surface area contributed by atoms with Crippen LogP contribution in [0.4, 0.5) is 5.69 Å². The van der Waals surface area contributed by atoms with Gasteiger partial charge < -0.3 is 15.5 Å². The van der Waals surface area contributed by atoms with Crippen LogP contribution in [-0.2, 0) is 0 Å². The number of piperidine rings is 1. The maximum absolute atomic E-state index is 12.6. The van der Waals surface area contributed by atoms with Crippen LogP contribution < -0.4 is 10.6 Å². The monoisotopic (exact) mass is 291 g/mol. The molecule has 1 aliphatic rings. The molecule has 0 spiro atoms. The molecule has 108 valence electrons. The molecular weight excluding hydrogens is 270 g/mol. The van der Waals surface area contributed by atoms with E-state index in [1.54, 1.807) is 0 Å². The lowest BCUT2D eigenvalue weighted by Crippen LogP contribution is -2.49. The predicted molar refractivity (Wildman–Crippen MR) is 86.2 cm³/mol. The predicted octanol–water partition coefficient (Wildman–Crippen LogP) is 2.03. The van der Waals surface area contributed by atoms with Gasteiger partial charge in [-0.15, -0.1) is 0 Å². The molecule has 1 unspecified atom stereocenters. The highest BCUT2D eigenvalue weighted by atomic mass is 32.1. The Hall–Kier alpha value is -1.62. The van der Waals surface area contributed by atoms with Crippen molar-refractivity contribution in [2.45, 2.75) is 25.3 Å². The number of hydrogen-bond acceptors (Lipinski definition) is 3. The standard InChI is InChI=1S/C15H21N3OS/c1-17(2)12-8-6-11(7-9-12)15(19)18-10-4-3-5-13(18)14(16)20/h6-9,13H,3-5,10H2,1-2H3,(H2,16,20). The van der Waals surface area contributed by atoms with Gasteiger partial charge in [-0.25, -0.2) is 0 Å². The topological polar surface area (TPSA) is 49.6 Å². The van der Waals surface area contributed by atoms with Gasteiger partial charge in [0.15, 0.2) is 0 Å². The van der Waals surface area contributed by atoms with Gasteiger partial charge in [0.05, 0.1) is 11.0 Å². The van der Waals surface area contributed by atoms with Crippen molar-refractivity contribution >= 4 is 28.8 Å². The van der Waals surface area contributed by atoms with Crippen molar-refractivity contribution in [1.82, 2.24) is 4.90 Å². The highest BCUT2D eigenvalue weighted by Crippen LogP contribution is 2.21. The molecule has 0 aromatic heterocycles. The highest BCUT2D eigenvalue weighted by Gasteiger charge is 2.29. The summed E-state index contributed by atoms with van der Waals surface area (Å²) < 4.78 is 0. The molecule has 1 aromatic rings. The quantitative estimate of drug-likeness (QED) is 0.866. The first-order valence-corrected chi connectivity index (χ1v) is 7.29. The fourth-order valence-electron chi connectivity index (χ4n) is 2.54. The molecule has 1 fully saturated rings. The number of anilines is 1. The van der Waals surface area contributed by atoms with E-state index in [0.29, 0.717) is 10.6 Å². The zero-order valence-electron chi connectivity index (χ0n) is 12.0. The van der Waals surface area contributed by atoms with Crippen molar-refractivity contribution in [2.24, 2.45) is 5.73 Å². The lowest BCUT2D eigenvalue weighted by atomic mass is 10.0. The van der Waals surface area contributed by atoms with Gasteiger partial charge in [-0.2, -0.15) is 0 Å². The average molecular weight is 291 g/mol. The van der Waals surface area contributed by atoms with Crippen LogP contribution in [0.3, 0.4) is 0 Å². The smallest absolute Gasteiger partial charge is 0.254 e. The van der Waals surface area contributed by atoms with Crippen molar-refractivity contribution in [3.05, 3.63) is 29.8 Å². The fourth-order valence-corrected chi connectivity index (χ4v) is 2.78. The van der Waals surface area contributed by atoms with Crippen LogP contribution in [0.2, 0.25) is 0 Å². The summed E-state index contributed by atoms with van der Waals surface area (Å²) in [5.74, 6) is 0.0211. The molecule has 1 aliphatic heterocycles. The number of carbonyl (C=O) groups is 1. The fraction of sp³-hybridized carbons (Fsp3) is 0.467. The number of nitrogens with two attached hydrogens (primary N) is 1. The maximum atomic E-state index is 12.6. The highest BCUT2D eigenvalue weighted by molar-refractivity contribution is 7.80. The molecular formula is C15H21N3OS. The minimum atomic E-state index is -0.0974. The van der Waals surface area contributed by atoms with Gasteiger partial charge in [-0.05, 0) is 43.5 Å². The Morgan fingerprint density at radius 1 is 1.30 bits per heavy atom. The molecule has 0 bridgehead atoms. The largest absolute Gasteiger partial charge is 0.392 e. The first-order valence-electron chi connectivity index (χ1n) is 6.88. The Labute approximate surface area is 125 Å². The minimum absolute atomic E-state index is 0.0211. The molecule has 0 saturated carbocycles. The number of rotatable bonds is 3. The number of thiocarbonyl (C=S) groups is 1. The zero-order chi connectivity index (χ0) is 14.7. The summed E-state index contributed by atoms with van der Waals surface area (Å²) in [7, 11) is 3.95.